The molecule has 0 aromatic carbocycles. The molecule has 1 aromatic rings. The standard InChI is InChI=1S/C12H19ClN4O/c1-14-7-9-5-3-4-6-17(9)11-10(13)8-15-12(16-11)18-2/h8-9,14H,3-7H2,1-2H3. The van der Waals surface area contributed by atoms with E-state index in [1.54, 1.807) is 13.3 Å². The van der Waals surface area contributed by atoms with Crippen molar-refractivity contribution in [2.45, 2.75) is 25.3 Å². The Kier molecular flexibility index (Phi) is 4.60. The lowest BCUT2D eigenvalue weighted by Gasteiger charge is -2.37. The zero-order valence-electron chi connectivity index (χ0n) is 10.8. The van der Waals surface area contributed by atoms with Crippen LogP contribution in [0.3, 0.4) is 0 Å². The van der Waals surface area contributed by atoms with E-state index in [9.17, 15) is 0 Å². The molecule has 1 N–H and O–H groups in total. The van der Waals surface area contributed by atoms with Crippen molar-refractivity contribution in [3.8, 4) is 6.01 Å². The number of piperidine rings is 1. The molecule has 18 heavy (non-hydrogen) atoms. The van der Waals surface area contributed by atoms with Crippen LogP contribution in [0.2, 0.25) is 5.02 Å². The maximum atomic E-state index is 6.21. The molecule has 0 saturated carbocycles. The van der Waals surface area contributed by atoms with E-state index in [2.05, 4.69) is 20.2 Å². The van der Waals surface area contributed by atoms with E-state index in [1.807, 2.05) is 7.05 Å². The average Bonchev–Trinajstić information content (AvgIpc) is 2.41. The number of likely N-dealkylation sites (N-methyl/N-ethyl adjacent to an activating group) is 1. The number of hydrogen-bond donors (Lipinski definition) is 1. The Morgan fingerprint density at radius 2 is 2.39 bits per heavy atom. The lowest BCUT2D eigenvalue weighted by Crippen LogP contribution is -2.45. The van der Waals surface area contributed by atoms with Gasteiger partial charge in [-0.05, 0) is 26.3 Å². The fraction of sp³-hybridized carbons (Fsp3) is 0.667. The van der Waals surface area contributed by atoms with Crippen LogP contribution in [0.15, 0.2) is 6.20 Å². The van der Waals surface area contributed by atoms with Crippen LogP contribution >= 0.6 is 11.6 Å². The quantitative estimate of drug-likeness (QED) is 0.903. The molecule has 0 radical (unpaired) electrons. The molecule has 2 heterocycles. The molecular weight excluding hydrogens is 252 g/mol. The van der Waals surface area contributed by atoms with Crippen molar-refractivity contribution < 1.29 is 4.74 Å². The highest BCUT2D eigenvalue weighted by atomic mass is 35.5. The normalized spacial score (nSPS) is 19.9. The van der Waals surface area contributed by atoms with E-state index in [0.717, 1.165) is 25.3 Å². The molecule has 6 heteroatoms. The van der Waals surface area contributed by atoms with Crippen LogP contribution in [0.25, 0.3) is 0 Å². The Bertz CT molecular complexity index is 400. The summed E-state index contributed by atoms with van der Waals surface area (Å²) in [5, 5.41) is 3.81. The minimum absolute atomic E-state index is 0.364. The third kappa shape index (κ3) is 2.84. The molecule has 5 nitrogen and oxygen atoms in total. The molecule has 0 aliphatic carbocycles. The van der Waals surface area contributed by atoms with Crippen LogP contribution in [0.4, 0.5) is 5.82 Å². The summed E-state index contributed by atoms with van der Waals surface area (Å²) in [5.41, 5.74) is 0. The van der Waals surface area contributed by atoms with Gasteiger partial charge in [-0.1, -0.05) is 11.6 Å². The van der Waals surface area contributed by atoms with Gasteiger partial charge in [-0.15, -0.1) is 0 Å². The number of ether oxygens (including phenoxy) is 1. The van der Waals surface area contributed by atoms with Crippen LogP contribution in [0, 0.1) is 0 Å². The lowest BCUT2D eigenvalue weighted by atomic mass is 10.0. The molecule has 0 spiro atoms. The van der Waals surface area contributed by atoms with Gasteiger partial charge in [-0.25, -0.2) is 4.98 Å². The predicted molar refractivity (Wildman–Crippen MR) is 72.5 cm³/mol. The maximum absolute atomic E-state index is 6.21. The minimum Gasteiger partial charge on any atom is -0.467 e. The van der Waals surface area contributed by atoms with Gasteiger partial charge in [0.05, 0.1) is 13.3 Å². The second kappa shape index (κ2) is 6.20. The van der Waals surface area contributed by atoms with Crippen LogP contribution in [0.5, 0.6) is 6.01 Å². The molecule has 0 bridgehead atoms. The molecular formula is C12H19ClN4O. The number of aromatic nitrogens is 2. The predicted octanol–water partition coefficient (Wildman–Crippen LogP) is 1.72. The smallest absolute Gasteiger partial charge is 0.318 e. The first-order valence-corrected chi connectivity index (χ1v) is 6.62. The van der Waals surface area contributed by atoms with Crippen molar-refractivity contribution in [3.63, 3.8) is 0 Å². The third-order valence-corrected chi connectivity index (χ3v) is 3.49. The molecule has 1 aromatic heterocycles. The zero-order chi connectivity index (χ0) is 13.0. The molecule has 1 unspecified atom stereocenters. The number of nitrogens with one attached hydrogen (secondary N) is 1. The van der Waals surface area contributed by atoms with E-state index >= 15 is 0 Å². The third-order valence-electron chi connectivity index (χ3n) is 3.23. The van der Waals surface area contributed by atoms with Crippen molar-refractivity contribution in [1.82, 2.24) is 15.3 Å². The molecule has 1 aliphatic rings. The SMILES string of the molecule is CNCC1CCCCN1c1nc(OC)ncc1Cl. The Hall–Kier alpha value is -1.07. The van der Waals surface area contributed by atoms with Gasteiger partial charge in [0.15, 0.2) is 5.82 Å². The summed E-state index contributed by atoms with van der Waals surface area (Å²) in [6.07, 6.45) is 5.18. The molecule has 1 atom stereocenters. The Morgan fingerprint density at radius 3 is 3.11 bits per heavy atom. The number of hydrogen-bond acceptors (Lipinski definition) is 5. The van der Waals surface area contributed by atoms with E-state index in [-0.39, 0.29) is 0 Å². The van der Waals surface area contributed by atoms with Crippen molar-refractivity contribution in [2.24, 2.45) is 0 Å². The van der Waals surface area contributed by atoms with Crippen molar-refractivity contribution in [2.75, 3.05) is 32.1 Å². The second-order valence-corrected chi connectivity index (χ2v) is 4.84. The largest absolute Gasteiger partial charge is 0.467 e. The molecule has 0 amide bonds. The monoisotopic (exact) mass is 270 g/mol. The molecule has 100 valence electrons. The minimum atomic E-state index is 0.364. The lowest BCUT2D eigenvalue weighted by molar-refractivity contribution is 0.377. The summed E-state index contributed by atoms with van der Waals surface area (Å²) >= 11 is 6.21. The number of nitrogens with zero attached hydrogens (tertiary/aromatic N) is 3. The Balaban J connectivity index is 2.26. The number of methoxy groups -OCH3 is 1. The van der Waals surface area contributed by atoms with Gasteiger partial charge >= 0.3 is 6.01 Å². The fourth-order valence-electron chi connectivity index (χ4n) is 2.37. The summed E-state index contributed by atoms with van der Waals surface area (Å²) in [4.78, 5) is 10.7. The van der Waals surface area contributed by atoms with Gasteiger partial charge in [0, 0.05) is 19.1 Å². The van der Waals surface area contributed by atoms with E-state index in [4.69, 9.17) is 16.3 Å². The van der Waals surface area contributed by atoms with Crippen LogP contribution < -0.4 is 15.0 Å². The van der Waals surface area contributed by atoms with Crippen molar-refractivity contribution >= 4 is 17.4 Å². The molecule has 1 aliphatic heterocycles. The van der Waals surface area contributed by atoms with Crippen molar-refractivity contribution in [1.29, 1.82) is 0 Å². The van der Waals surface area contributed by atoms with E-state index < -0.39 is 0 Å². The van der Waals surface area contributed by atoms with Crippen LogP contribution in [-0.2, 0) is 0 Å². The Morgan fingerprint density at radius 1 is 1.56 bits per heavy atom. The van der Waals surface area contributed by atoms with Crippen LogP contribution in [-0.4, -0.2) is 43.3 Å². The van der Waals surface area contributed by atoms with Gasteiger partial charge in [-0.2, -0.15) is 4.98 Å². The molecule has 2 rings (SSSR count). The first kappa shape index (κ1) is 13.4. The highest BCUT2D eigenvalue weighted by Crippen LogP contribution is 2.29. The summed E-state index contributed by atoms with van der Waals surface area (Å²) in [7, 11) is 3.53. The molecule has 1 fully saturated rings. The van der Waals surface area contributed by atoms with Crippen molar-refractivity contribution in [3.05, 3.63) is 11.2 Å². The van der Waals surface area contributed by atoms with Gasteiger partial charge in [0.2, 0.25) is 0 Å². The van der Waals surface area contributed by atoms with Crippen LogP contribution in [0.1, 0.15) is 19.3 Å². The summed E-state index contributed by atoms with van der Waals surface area (Å²) in [6, 6.07) is 0.795. The fourth-order valence-corrected chi connectivity index (χ4v) is 2.57. The highest BCUT2D eigenvalue weighted by molar-refractivity contribution is 6.32. The topological polar surface area (TPSA) is 50.3 Å². The van der Waals surface area contributed by atoms with Gasteiger partial charge in [-0.3, -0.25) is 0 Å². The number of halogens is 1. The number of rotatable bonds is 4. The summed E-state index contributed by atoms with van der Waals surface area (Å²) in [5.74, 6) is 0.781. The number of anilines is 1. The summed E-state index contributed by atoms with van der Waals surface area (Å²) in [6.45, 7) is 1.91. The van der Waals surface area contributed by atoms with Gasteiger partial charge < -0.3 is 15.0 Å². The Labute approximate surface area is 113 Å². The van der Waals surface area contributed by atoms with Gasteiger partial charge in [0.25, 0.3) is 0 Å². The second-order valence-electron chi connectivity index (χ2n) is 4.43. The highest BCUT2D eigenvalue weighted by Gasteiger charge is 2.25. The first-order chi connectivity index (χ1) is 8.76. The first-order valence-electron chi connectivity index (χ1n) is 6.24. The maximum Gasteiger partial charge on any atom is 0.318 e. The van der Waals surface area contributed by atoms with E-state index in [1.165, 1.54) is 12.8 Å². The van der Waals surface area contributed by atoms with E-state index in [0.29, 0.717) is 17.1 Å². The van der Waals surface area contributed by atoms with Gasteiger partial charge in [0.1, 0.15) is 5.02 Å². The summed E-state index contributed by atoms with van der Waals surface area (Å²) < 4.78 is 5.07. The molecule has 1 saturated heterocycles. The average molecular weight is 271 g/mol. The zero-order valence-corrected chi connectivity index (χ0v) is 11.6.